The van der Waals surface area contributed by atoms with Gasteiger partial charge in [-0.25, -0.2) is 4.98 Å². The van der Waals surface area contributed by atoms with Crippen LogP contribution in [0.4, 0.5) is 11.5 Å². The number of anilines is 2. The Hall–Kier alpha value is -2.89. The number of nitrogens with zero attached hydrogens (tertiary/aromatic N) is 2. The molecule has 1 fully saturated rings. The topological polar surface area (TPSA) is 88.3 Å². The van der Waals surface area contributed by atoms with Gasteiger partial charge in [0.15, 0.2) is 0 Å². The number of pyridine rings is 1. The minimum absolute atomic E-state index is 0.0338. The summed E-state index contributed by atoms with van der Waals surface area (Å²) < 4.78 is 0. The van der Waals surface area contributed by atoms with E-state index in [9.17, 15) is 9.59 Å². The van der Waals surface area contributed by atoms with Crippen LogP contribution in [0.5, 0.6) is 0 Å². The number of aromatic nitrogens is 1. The zero-order chi connectivity index (χ0) is 17.9. The maximum atomic E-state index is 12.8. The lowest BCUT2D eigenvalue weighted by molar-refractivity contribution is -0.127. The largest absolute Gasteiger partial charge is 0.384 e. The first kappa shape index (κ1) is 17.0. The van der Waals surface area contributed by atoms with Gasteiger partial charge in [-0.15, -0.1) is 0 Å². The Morgan fingerprint density at radius 2 is 1.96 bits per heavy atom. The van der Waals surface area contributed by atoms with E-state index >= 15 is 0 Å². The average Bonchev–Trinajstić information content (AvgIpc) is 2.63. The zero-order valence-corrected chi connectivity index (χ0v) is 14.2. The van der Waals surface area contributed by atoms with Gasteiger partial charge >= 0.3 is 0 Å². The van der Waals surface area contributed by atoms with Crippen LogP contribution in [0.1, 0.15) is 30.1 Å². The highest BCUT2D eigenvalue weighted by Crippen LogP contribution is 2.31. The number of piperidine rings is 1. The number of likely N-dealkylation sites (tertiary alicyclic amines) is 1. The molecule has 0 radical (unpaired) electrons. The fraction of sp³-hybridized carbons (Fsp3) is 0.316. The molecule has 0 spiro atoms. The van der Waals surface area contributed by atoms with Gasteiger partial charge in [-0.1, -0.05) is 18.2 Å². The Morgan fingerprint density at radius 3 is 2.64 bits per heavy atom. The molecular weight excluding hydrogens is 316 g/mol. The predicted molar refractivity (Wildman–Crippen MR) is 97.0 cm³/mol. The fourth-order valence-electron chi connectivity index (χ4n) is 3.12. The van der Waals surface area contributed by atoms with Crippen molar-refractivity contribution in [2.24, 2.45) is 5.41 Å². The monoisotopic (exact) mass is 338 g/mol. The Bertz CT molecular complexity index is 761. The van der Waals surface area contributed by atoms with Crippen molar-refractivity contribution in [3.05, 3.63) is 54.2 Å². The van der Waals surface area contributed by atoms with Crippen molar-refractivity contribution in [1.82, 2.24) is 9.88 Å². The van der Waals surface area contributed by atoms with Gasteiger partial charge in [-0.05, 0) is 44.0 Å². The lowest BCUT2D eigenvalue weighted by atomic mass is 9.80. The van der Waals surface area contributed by atoms with Crippen LogP contribution in [0.3, 0.4) is 0 Å². The number of hydrogen-bond donors (Lipinski definition) is 2. The first-order chi connectivity index (χ1) is 12.0. The third-order valence-corrected chi connectivity index (χ3v) is 4.60. The second kappa shape index (κ2) is 6.93. The van der Waals surface area contributed by atoms with Gasteiger partial charge in [0.1, 0.15) is 5.82 Å². The highest BCUT2D eigenvalue weighted by atomic mass is 16.2. The number of nitrogens with one attached hydrogen (secondary N) is 1. The predicted octanol–water partition coefficient (Wildman–Crippen LogP) is 2.54. The van der Waals surface area contributed by atoms with Crippen LogP contribution >= 0.6 is 0 Å². The van der Waals surface area contributed by atoms with E-state index in [-0.39, 0.29) is 11.8 Å². The molecule has 6 nitrogen and oxygen atoms in total. The van der Waals surface area contributed by atoms with E-state index in [1.54, 1.807) is 29.2 Å². The van der Waals surface area contributed by atoms with Crippen molar-refractivity contribution >= 4 is 23.3 Å². The summed E-state index contributed by atoms with van der Waals surface area (Å²) in [5.74, 6) is 0.264. The van der Waals surface area contributed by atoms with E-state index in [1.807, 2.05) is 25.1 Å². The van der Waals surface area contributed by atoms with Gasteiger partial charge in [0.2, 0.25) is 5.91 Å². The first-order valence-corrected chi connectivity index (χ1v) is 8.35. The summed E-state index contributed by atoms with van der Waals surface area (Å²) in [4.78, 5) is 31.2. The summed E-state index contributed by atoms with van der Waals surface area (Å²) in [7, 11) is 0. The van der Waals surface area contributed by atoms with Crippen LogP contribution < -0.4 is 11.1 Å². The molecule has 130 valence electrons. The summed E-state index contributed by atoms with van der Waals surface area (Å²) >= 11 is 0. The molecule has 0 bridgehead atoms. The number of rotatable bonds is 3. The Morgan fingerprint density at radius 1 is 1.20 bits per heavy atom. The van der Waals surface area contributed by atoms with Crippen LogP contribution in [-0.4, -0.2) is 34.8 Å². The Balaban J connectivity index is 1.71. The highest BCUT2D eigenvalue weighted by molar-refractivity contribution is 5.97. The van der Waals surface area contributed by atoms with E-state index in [2.05, 4.69) is 10.3 Å². The highest BCUT2D eigenvalue weighted by Gasteiger charge is 2.39. The number of nitrogen functional groups attached to an aromatic ring is 1. The molecule has 2 aromatic rings. The number of carbonyl (C=O) groups is 2. The lowest BCUT2D eigenvalue weighted by Gasteiger charge is -2.39. The second-order valence-corrected chi connectivity index (χ2v) is 6.68. The number of benzene rings is 1. The van der Waals surface area contributed by atoms with Gasteiger partial charge < -0.3 is 16.0 Å². The van der Waals surface area contributed by atoms with E-state index in [4.69, 9.17) is 5.73 Å². The van der Waals surface area contributed by atoms with Gasteiger partial charge in [-0.3, -0.25) is 9.59 Å². The summed E-state index contributed by atoms with van der Waals surface area (Å²) in [6, 6.07) is 12.5. The molecule has 0 aliphatic carbocycles. The molecule has 1 aliphatic rings. The van der Waals surface area contributed by atoms with Crippen LogP contribution in [0, 0.1) is 5.41 Å². The SMILES string of the molecule is CC1(C(=O)Nc2ccc(N)nc2)CCCN(C(=O)c2ccccc2)C1. The third-order valence-electron chi connectivity index (χ3n) is 4.60. The summed E-state index contributed by atoms with van der Waals surface area (Å²) in [6.07, 6.45) is 3.06. The minimum atomic E-state index is -0.635. The summed E-state index contributed by atoms with van der Waals surface area (Å²) in [5.41, 5.74) is 6.18. The number of hydrogen-bond acceptors (Lipinski definition) is 4. The molecule has 1 aromatic carbocycles. The van der Waals surface area contributed by atoms with Crippen LogP contribution in [0.25, 0.3) is 0 Å². The van der Waals surface area contributed by atoms with Gasteiger partial charge in [0.25, 0.3) is 5.91 Å². The van der Waals surface area contributed by atoms with E-state index < -0.39 is 5.41 Å². The van der Waals surface area contributed by atoms with E-state index in [0.717, 1.165) is 12.8 Å². The van der Waals surface area contributed by atoms with Gasteiger partial charge in [0.05, 0.1) is 17.3 Å². The molecule has 1 aliphatic heterocycles. The zero-order valence-electron chi connectivity index (χ0n) is 14.2. The first-order valence-electron chi connectivity index (χ1n) is 8.35. The Labute approximate surface area is 147 Å². The maximum absolute atomic E-state index is 12.8. The molecule has 2 amide bonds. The van der Waals surface area contributed by atoms with Crippen LogP contribution in [0.15, 0.2) is 48.7 Å². The molecule has 2 heterocycles. The standard InChI is InChI=1S/C19H22N4O2/c1-19(18(25)22-15-8-9-16(20)21-12-15)10-5-11-23(13-19)17(24)14-6-3-2-4-7-14/h2-4,6-9,12H,5,10-11,13H2,1H3,(H2,20,21)(H,22,25). The van der Waals surface area contributed by atoms with Crippen LogP contribution in [0.2, 0.25) is 0 Å². The van der Waals surface area contributed by atoms with Crippen LogP contribution in [-0.2, 0) is 4.79 Å². The molecular formula is C19H22N4O2. The molecule has 1 unspecified atom stereocenters. The number of carbonyl (C=O) groups excluding carboxylic acids is 2. The maximum Gasteiger partial charge on any atom is 0.253 e. The van der Waals surface area contributed by atoms with Crippen molar-refractivity contribution < 1.29 is 9.59 Å². The molecule has 6 heteroatoms. The second-order valence-electron chi connectivity index (χ2n) is 6.68. The van der Waals surface area contributed by atoms with E-state index in [0.29, 0.717) is 30.2 Å². The van der Waals surface area contributed by atoms with Crippen molar-refractivity contribution in [3.63, 3.8) is 0 Å². The average molecular weight is 338 g/mol. The van der Waals surface area contributed by atoms with Crippen molar-refractivity contribution in [2.45, 2.75) is 19.8 Å². The smallest absolute Gasteiger partial charge is 0.253 e. The van der Waals surface area contributed by atoms with Crippen molar-refractivity contribution in [1.29, 1.82) is 0 Å². The normalized spacial score (nSPS) is 20.1. The molecule has 3 N–H and O–H groups in total. The molecule has 1 atom stereocenters. The van der Waals surface area contributed by atoms with Gasteiger partial charge in [-0.2, -0.15) is 0 Å². The molecule has 3 rings (SSSR count). The summed E-state index contributed by atoms with van der Waals surface area (Å²) in [5, 5.41) is 2.88. The molecule has 1 aromatic heterocycles. The summed E-state index contributed by atoms with van der Waals surface area (Å²) in [6.45, 7) is 2.96. The molecule has 0 saturated carbocycles. The quantitative estimate of drug-likeness (QED) is 0.900. The number of nitrogens with two attached hydrogens (primary N) is 1. The third kappa shape index (κ3) is 3.79. The Kier molecular flexibility index (Phi) is 4.70. The van der Waals surface area contributed by atoms with E-state index in [1.165, 1.54) is 6.20 Å². The minimum Gasteiger partial charge on any atom is -0.384 e. The van der Waals surface area contributed by atoms with Crippen molar-refractivity contribution in [2.75, 3.05) is 24.1 Å². The fourth-order valence-corrected chi connectivity index (χ4v) is 3.12. The van der Waals surface area contributed by atoms with Crippen molar-refractivity contribution in [3.8, 4) is 0 Å². The number of amides is 2. The molecule has 1 saturated heterocycles. The van der Waals surface area contributed by atoms with Gasteiger partial charge in [0, 0.05) is 18.7 Å². The molecule has 25 heavy (non-hydrogen) atoms. The lowest BCUT2D eigenvalue weighted by Crippen LogP contribution is -2.50.